The van der Waals surface area contributed by atoms with Crippen LogP contribution in [-0.4, -0.2) is 96.9 Å². The lowest BCUT2D eigenvalue weighted by atomic mass is 9.96. The van der Waals surface area contributed by atoms with Gasteiger partial charge >= 0.3 is 0 Å². The van der Waals surface area contributed by atoms with Crippen molar-refractivity contribution < 1.29 is 9.59 Å². The Hall–Kier alpha value is -0.180. The van der Waals surface area contributed by atoms with Crippen molar-refractivity contribution in [2.24, 2.45) is 11.8 Å². The lowest BCUT2D eigenvalue weighted by Gasteiger charge is -2.34. The molecule has 0 radical (unpaired) electrons. The molecule has 2 atom stereocenters. The predicted molar refractivity (Wildman–Crippen MR) is 172 cm³/mol. The number of halogens is 2. The van der Waals surface area contributed by atoms with E-state index in [1.807, 2.05) is 9.80 Å². The van der Waals surface area contributed by atoms with E-state index in [2.05, 4.69) is 37.5 Å². The highest BCUT2D eigenvalue weighted by Crippen LogP contribution is 2.21. The number of carbonyl (C=O) groups is 2. The lowest BCUT2D eigenvalue weighted by molar-refractivity contribution is -0.137. The number of piperidine rings is 2. The summed E-state index contributed by atoms with van der Waals surface area (Å²) in [4.78, 5) is 34.5. The molecule has 0 spiro atoms. The molecule has 0 N–H and O–H groups in total. The Labute approximate surface area is 256 Å². The summed E-state index contributed by atoms with van der Waals surface area (Å²) >= 11 is 0. The molecule has 6 nitrogen and oxygen atoms in total. The summed E-state index contributed by atoms with van der Waals surface area (Å²) in [7, 11) is 0. The van der Waals surface area contributed by atoms with E-state index < -0.39 is 0 Å². The number of unbranched alkanes of at least 4 members (excludes halogenated alkanes) is 7. The fraction of sp³-hybridized carbons (Fsp3) is 0.933. The first-order valence-corrected chi connectivity index (χ1v) is 15.6. The number of amides is 2. The molecule has 0 aliphatic carbocycles. The van der Waals surface area contributed by atoms with Gasteiger partial charge in [-0.25, -0.2) is 0 Å². The summed E-state index contributed by atoms with van der Waals surface area (Å²) in [5, 5.41) is 0. The molecule has 2 aliphatic rings. The second-order valence-electron chi connectivity index (χ2n) is 11.1. The topological polar surface area (TPSA) is 47.1 Å². The van der Waals surface area contributed by atoms with Crippen LogP contribution in [0.2, 0.25) is 0 Å². The normalized spacial score (nSPS) is 20.3. The molecule has 0 bridgehead atoms. The predicted octanol–water partition coefficient (Wildman–Crippen LogP) is 6.42. The SMILES string of the molecule is Br.Br.CCN(CC)C(=O)C1CCCN(CCCCCCCCCCN2CCCC(C(=O)N(CC)CC)C2)C1. The Morgan fingerprint density at radius 2 is 0.895 bits per heavy atom. The molecule has 0 saturated carbocycles. The van der Waals surface area contributed by atoms with Gasteiger partial charge < -0.3 is 19.6 Å². The molecule has 0 aromatic carbocycles. The first-order valence-electron chi connectivity index (χ1n) is 15.6. The number of likely N-dealkylation sites (tertiary alicyclic amines) is 2. The van der Waals surface area contributed by atoms with Crippen LogP contribution in [0.3, 0.4) is 0 Å². The van der Waals surface area contributed by atoms with E-state index >= 15 is 0 Å². The van der Waals surface area contributed by atoms with Gasteiger partial charge in [-0.05, 0) is 92.4 Å². The molecular weight excluding hydrogens is 608 g/mol. The summed E-state index contributed by atoms with van der Waals surface area (Å²) in [6.45, 7) is 18.3. The Balaban J connectivity index is 0.00000684. The largest absolute Gasteiger partial charge is 0.343 e. The average molecular weight is 669 g/mol. The maximum absolute atomic E-state index is 12.7. The Kier molecular flexibility index (Phi) is 22.4. The van der Waals surface area contributed by atoms with Crippen molar-refractivity contribution in [3.05, 3.63) is 0 Å². The average Bonchev–Trinajstić information content (AvgIpc) is 2.91. The van der Waals surface area contributed by atoms with Crippen LogP contribution >= 0.6 is 34.0 Å². The third kappa shape index (κ3) is 13.5. The fourth-order valence-corrected chi connectivity index (χ4v) is 6.24. The molecule has 8 heteroatoms. The molecule has 2 rings (SSSR count). The van der Waals surface area contributed by atoms with Crippen LogP contribution in [0.5, 0.6) is 0 Å². The Morgan fingerprint density at radius 1 is 0.579 bits per heavy atom. The van der Waals surface area contributed by atoms with Crippen LogP contribution in [0.4, 0.5) is 0 Å². The summed E-state index contributed by atoms with van der Waals surface area (Å²) in [6.07, 6.45) is 15.1. The number of rotatable bonds is 17. The zero-order chi connectivity index (χ0) is 26.2. The standard InChI is InChI=1S/C30H58N4O2.2BrH/c1-5-33(6-2)29(35)27-19-17-23-31(25-27)21-15-13-11-9-10-12-14-16-22-32-24-18-20-28(26-32)30(36)34(7-3)8-4;;/h27-28H,5-26H2,1-4H3;2*1H. The zero-order valence-corrected chi connectivity index (χ0v) is 28.6. The van der Waals surface area contributed by atoms with Crippen molar-refractivity contribution in [3.63, 3.8) is 0 Å². The lowest BCUT2D eigenvalue weighted by Crippen LogP contribution is -2.45. The van der Waals surface area contributed by atoms with Crippen LogP contribution < -0.4 is 0 Å². The van der Waals surface area contributed by atoms with Gasteiger partial charge in [-0.3, -0.25) is 9.59 Å². The Morgan fingerprint density at radius 3 is 1.21 bits per heavy atom. The quantitative estimate of drug-likeness (QED) is 0.168. The molecule has 2 heterocycles. The van der Waals surface area contributed by atoms with E-state index in [1.54, 1.807) is 0 Å². The molecule has 0 aromatic heterocycles. The fourth-order valence-electron chi connectivity index (χ4n) is 6.24. The smallest absolute Gasteiger partial charge is 0.226 e. The highest BCUT2D eigenvalue weighted by Gasteiger charge is 2.29. The van der Waals surface area contributed by atoms with Gasteiger partial charge in [0, 0.05) is 39.3 Å². The van der Waals surface area contributed by atoms with E-state index in [0.717, 1.165) is 65.2 Å². The van der Waals surface area contributed by atoms with Gasteiger partial charge in [0.1, 0.15) is 0 Å². The van der Waals surface area contributed by atoms with Crippen LogP contribution in [0.1, 0.15) is 105 Å². The third-order valence-corrected chi connectivity index (χ3v) is 8.56. The van der Waals surface area contributed by atoms with Crippen molar-refractivity contribution in [1.29, 1.82) is 0 Å². The molecule has 226 valence electrons. The monoisotopic (exact) mass is 666 g/mol. The Bertz CT molecular complexity index is 565. The molecule has 2 amide bonds. The molecule has 2 aliphatic heterocycles. The number of nitrogens with zero attached hydrogens (tertiary/aromatic N) is 4. The van der Waals surface area contributed by atoms with Gasteiger partial charge in [-0.15, -0.1) is 34.0 Å². The van der Waals surface area contributed by atoms with Crippen molar-refractivity contribution in [3.8, 4) is 0 Å². The third-order valence-electron chi connectivity index (χ3n) is 8.56. The minimum Gasteiger partial charge on any atom is -0.343 e. The van der Waals surface area contributed by atoms with Gasteiger partial charge in [-0.1, -0.05) is 38.5 Å². The second-order valence-corrected chi connectivity index (χ2v) is 11.1. The summed E-state index contributed by atoms with van der Waals surface area (Å²) < 4.78 is 0. The number of hydrogen-bond acceptors (Lipinski definition) is 4. The molecule has 2 fully saturated rings. The van der Waals surface area contributed by atoms with Crippen LogP contribution in [0.15, 0.2) is 0 Å². The number of hydrogen-bond donors (Lipinski definition) is 0. The summed E-state index contributed by atoms with van der Waals surface area (Å²) in [5.41, 5.74) is 0. The number of carbonyl (C=O) groups excluding carboxylic acids is 2. The second kappa shape index (κ2) is 22.5. The summed E-state index contributed by atoms with van der Waals surface area (Å²) in [6, 6.07) is 0. The van der Waals surface area contributed by atoms with Gasteiger partial charge in [0.25, 0.3) is 0 Å². The van der Waals surface area contributed by atoms with Gasteiger partial charge in [0.2, 0.25) is 11.8 Å². The van der Waals surface area contributed by atoms with E-state index in [1.165, 1.54) is 77.3 Å². The minimum absolute atomic E-state index is 0. The summed E-state index contributed by atoms with van der Waals surface area (Å²) in [5.74, 6) is 1.19. The van der Waals surface area contributed by atoms with Gasteiger partial charge in [-0.2, -0.15) is 0 Å². The highest BCUT2D eigenvalue weighted by atomic mass is 79.9. The molecule has 38 heavy (non-hydrogen) atoms. The van der Waals surface area contributed by atoms with E-state index in [-0.39, 0.29) is 45.8 Å². The van der Waals surface area contributed by atoms with Gasteiger partial charge in [0.15, 0.2) is 0 Å². The van der Waals surface area contributed by atoms with Crippen LogP contribution in [0.25, 0.3) is 0 Å². The molecular formula is C30H60Br2N4O2. The molecule has 0 aromatic rings. The van der Waals surface area contributed by atoms with Crippen molar-refractivity contribution >= 4 is 45.8 Å². The first-order chi connectivity index (χ1) is 17.5. The molecule has 2 unspecified atom stereocenters. The molecule has 2 saturated heterocycles. The maximum atomic E-state index is 12.7. The highest BCUT2D eigenvalue weighted by molar-refractivity contribution is 8.93. The zero-order valence-electron chi connectivity index (χ0n) is 25.1. The van der Waals surface area contributed by atoms with Gasteiger partial charge in [0.05, 0.1) is 11.8 Å². The van der Waals surface area contributed by atoms with E-state index in [9.17, 15) is 9.59 Å². The van der Waals surface area contributed by atoms with E-state index in [0.29, 0.717) is 11.8 Å². The van der Waals surface area contributed by atoms with Crippen molar-refractivity contribution in [1.82, 2.24) is 19.6 Å². The van der Waals surface area contributed by atoms with E-state index in [4.69, 9.17) is 0 Å². The van der Waals surface area contributed by atoms with Crippen molar-refractivity contribution in [2.45, 2.75) is 105 Å². The van der Waals surface area contributed by atoms with Crippen LogP contribution in [0, 0.1) is 11.8 Å². The minimum atomic E-state index is 0. The first kappa shape index (κ1) is 37.8. The van der Waals surface area contributed by atoms with Crippen molar-refractivity contribution in [2.75, 3.05) is 65.4 Å². The van der Waals surface area contributed by atoms with Crippen LogP contribution in [-0.2, 0) is 9.59 Å². The maximum Gasteiger partial charge on any atom is 0.226 e.